The molecule has 1 unspecified atom stereocenters. The molecule has 1 aromatic heterocycles. The summed E-state index contributed by atoms with van der Waals surface area (Å²) in [6.07, 6.45) is 1.61. The molecule has 2 heterocycles. The van der Waals surface area contributed by atoms with Gasteiger partial charge < -0.3 is 10.8 Å². The molecule has 0 aliphatic carbocycles. The number of Topliss-reactive ketones (excluding diaryl/α,β-unsaturated/α-hetero) is 1. The standard InChI is InChI=1S/C29H29N5O3/c1-33(13-14-35)17-22-5-2-3-8-24(22)19-9-11-20(12-10-19)26-28(36)27-25(16-31-26)32-18-34(27)23-7-4-6-21(15-23)29(30)37/h2-12,15,18,26,31,35H,13-14,16-17H2,1H3,(H2,30,37). The fourth-order valence-electron chi connectivity index (χ4n) is 4.81. The molecule has 0 spiro atoms. The number of aliphatic hydroxyl groups is 1. The normalized spacial score (nSPS) is 15.1. The molecule has 0 saturated carbocycles. The van der Waals surface area contributed by atoms with E-state index in [4.69, 9.17) is 5.73 Å². The van der Waals surface area contributed by atoms with E-state index in [1.165, 1.54) is 5.56 Å². The van der Waals surface area contributed by atoms with Gasteiger partial charge in [0.15, 0.2) is 0 Å². The van der Waals surface area contributed by atoms with Gasteiger partial charge in [-0.1, -0.05) is 54.6 Å². The number of nitrogens with two attached hydrogens (primary N) is 1. The summed E-state index contributed by atoms with van der Waals surface area (Å²) in [5.41, 5.74) is 11.9. The van der Waals surface area contributed by atoms with Crippen LogP contribution >= 0.6 is 0 Å². The molecule has 188 valence electrons. The second kappa shape index (κ2) is 10.5. The van der Waals surface area contributed by atoms with Crippen LogP contribution < -0.4 is 11.1 Å². The number of primary amides is 1. The molecule has 3 aromatic carbocycles. The summed E-state index contributed by atoms with van der Waals surface area (Å²) in [6.45, 7) is 1.90. The molecule has 8 nitrogen and oxygen atoms in total. The number of ketones is 1. The first-order valence-electron chi connectivity index (χ1n) is 12.2. The number of aromatic nitrogens is 2. The molecule has 8 heteroatoms. The number of fused-ring (bicyclic) bond motifs is 1. The zero-order chi connectivity index (χ0) is 25.9. The third-order valence-electron chi connectivity index (χ3n) is 6.72. The maximum atomic E-state index is 13.6. The van der Waals surface area contributed by atoms with E-state index in [0.29, 0.717) is 35.7 Å². The van der Waals surface area contributed by atoms with Crippen molar-refractivity contribution in [3.63, 3.8) is 0 Å². The van der Waals surface area contributed by atoms with Crippen LogP contribution in [0.4, 0.5) is 0 Å². The molecule has 0 radical (unpaired) electrons. The van der Waals surface area contributed by atoms with Crippen LogP contribution in [0.15, 0.2) is 79.1 Å². The van der Waals surface area contributed by atoms with Crippen LogP contribution in [-0.2, 0) is 13.1 Å². The Morgan fingerprint density at radius 2 is 1.92 bits per heavy atom. The van der Waals surface area contributed by atoms with Crippen molar-refractivity contribution in [2.75, 3.05) is 20.2 Å². The smallest absolute Gasteiger partial charge is 0.248 e. The highest BCUT2D eigenvalue weighted by Gasteiger charge is 2.32. The zero-order valence-electron chi connectivity index (χ0n) is 20.6. The second-order valence-corrected chi connectivity index (χ2v) is 9.24. The van der Waals surface area contributed by atoms with E-state index in [9.17, 15) is 14.7 Å². The van der Waals surface area contributed by atoms with E-state index in [1.54, 1.807) is 29.1 Å². The van der Waals surface area contributed by atoms with E-state index in [-0.39, 0.29) is 12.4 Å². The molecule has 0 saturated heterocycles. The summed E-state index contributed by atoms with van der Waals surface area (Å²) in [5, 5.41) is 12.6. The molecule has 5 rings (SSSR count). The van der Waals surface area contributed by atoms with Gasteiger partial charge in [0.05, 0.1) is 18.3 Å². The minimum atomic E-state index is -0.525. The lowest BCUT2D eigenvalue weighted by atomic mass is 9.93. The van der Waals surface area contributed by atoms with Gasteiger partial charge in [-0.2, -0.15) is 0 Å². The summed E-state index contributed by atoms with van der Waals surface area (Å²) in [4.78, 5) is 31.8. The second-order valence-electron chi connectivity index (χ2n) is 9.24. The highest BCUT2D eigenvalue weighted by atomic mass is 16.3. The van der Waals surface area contributed by atoms with E-state index >= 15 is 0 Å². The van der Waals surface area contributed by atoms with Gasteiger partial charge in [0, 0.05) is 30.9 Å². The Labute approximate surface area is 215 Å². The van der Waals surface area contributed by atoms with Crippen molar-refractivity contribution in [1.82, 2.24) is 19.8 Å². The largest absolute Gasteiger partial charge is 0.395 e. The molecular weight excluding hydrogens is 466 g/mol. The van der Waals surface area contributed by atoms with Gasteiger partial charge in [-0.05, 0) is 47.5 Å². The molecule has 4 N–H and O–H groups in total. The number of nitrogens with one attached hydrogen (secondary N) is 1. The average molecular weight is 496 g/mol. The van der Waals surface area contributed by atoms with Crippen LogP contribution in [-0.4, -0.2) is 51.4 Å². The SMILES string of the molecule is CN(CCO)Cc1ccccc1-c1ccc(C2NCc3ncn(-c4cccc(C(N)=O)c4)c3C2=O)cc1. The minimum Gasteiger partial charge on any atom is -0.395 e. The number of hydrogen-bond acceptors (Lipinski definition) is 6. The van der Waals surface area contributed by atoms with Gasteiger partial charge in [0.1, 0.15) is 12.0 Å². The maximum Gasteiger partial charge on any atom is 0.248 e. The van der Waals surface area contributed by atoms with Gasteiger partial charge in [-0.25, -0.2) is 4.98 Å². The summed E-state index contributed by atoms with van der Waals surface area (Å²) in [6, 6.07) is 22.6. The highest BCUT2D eigenvalue weighted by Crippen LogP contribution is 2.30. The number of benzene rings is 3. The number of aliphatic hydroxyl groups excluding tert-OH is 1. The number of amides is 1. The van der Waals surface area contributed by atoms with E-state index < -0.39 is 11.9 Å². The number of imidazole rings is 1. The number of likely N-dealkylation sites (N-methyl/N-ethyl adjacent to an activating group) is 1. The Kier molecular flexibility index (Phi) is 6.96. The zero-order valence-corrected chi connectivity index (χ0v) is 20.6. The van der Waals surface area contributed by atoms with Gasteiger partial charge in [0.2, 0.25) is 11.7 Å². The van der Waals surface area contributed by atoms with Crippen molar-refractivity contribution >= 4 is 11.7 Å². The summed E-state index contributed by atoms with van der Waals surface area (Å²) >= 11 is 0. The fraction of sp³-hybridized carbons (Fsp3) is 0.207. The Balaban J connectivity index is 1.42. The number of rotatable bonds is 8. The van der Waals surface area contributed by atoms with Crippen molar-refractivity contribution < 1.29 is 14.7 Å². The van der Waals surface area contributed by atoms with Crippen LogP contribution in [0.2, 0.25) is 0 Å². The Morgan fingerprint density at radius 1 is 1.14 bits per heavy atom. The number of carbonyl (C=O) groups excluding carboxylic acids is 2. The molecule has 0 bridgehead atoms. The molecule has 37 heavy (non-hydrogen) atoms. The van der Waals surface area contributed by atoms with E-state index in [1.807, 2.05) is 49.5 Å². The molecule has 4 aromatic rings. The third-order valence-corrected chi connectivity index (χ3v) is 6.72. The average Bonchev–Trinajstić information content (AvgIpc) is 3.35. The lowest BCUT2D eigenvalue weighted by Crippen LogP contribution is -2.35. The molecule has 0 fully saturated rings. The Bertz CT molecular complexity index is 1440. The molecule has 1 amide bonds. The summed E-state index contributed by atoms with van der Waals surface area (Å²) < 4.78 is 1.73. The lowest BCUT2D eigenvalue weighted by molar-refractivity contribution is 0.0922. The van der Waals surface area contributed by atoms with Crippen molar-refractivity contribution in [1.29, 1.82) is 0 Å². The number of nitrogens with zero attached hydrogens (tertiary/aromatic N) is 3. The third kappa shape index (κ3) is 4.95. The number of carbonyl (C=O) groups is 2. The summed E-state index contributed by atoms with van der Waals surface area (Å²) in [7, 11) is 1.99. The number of hydrogen-bond donors (Lipinski definition) is 3. The van der Waals surface area contributed by atoms with Crippen molar-refractivity contribution in [2.45, 2.75) is 19.1 Å². The van der Waals surface area contributed by atoms with Crippen LogP contribution in [0.5, 0.6) is 0 Å². The van der Waals surface area contributed by atoms with Crippen molar-refractivity contribution in [3.8, 4) is 16.8 Å². The molecule has 1 aliphatic rings. The van der Waals surface area contributed by atoms with Gasteiger partial charge >= 0.3 is 0 Å². The van der Waals surface area contributed by atoms with E-state index in [0.717, 1.165) is 23.2 Å². The first kappa shape index (κ1) is 24.6. The molecule has 1 atom stereocenters. The predicted molar refractivity (Wildman–Crippen MR) is 141 cm³/mol. The Morgan fingerprint density at radius 3 is 2.68 bits per heavy atom. The molecular formula is C29H29N5O3. The monoisotopic (exact) mass is 495 g/mol. The van der Waals surface area contributed by atoms with Crippen LogP contribution in [0, 0.1) is 0 Å². The van der Waals surface area contributed by atoms with Crippen LogP contribution in [0.25, 0.3) is 16.8 Å². The van der Waals surface area contributed by atoms with Crippen molar-refractivity contribution in [3.05, 3.63) is 107 Å². The fourth-order valence-corrected chi connectivity index (χ4v) is 4.81. The highest BCUT2D eigenvalue weighted by molar-refractivity contribution is 6.02. The van der Waals surface area contributed by atoms with Gasteiger partial charge in [-0.15, -0.1) is 0 Å². The van der Waals surface area contributed by atoms with Gasteiger partial charge in [0.25, 0.3) is 0 Å². The maximum absolute atomic E-state index is 13.6. The molecule has 1 aliphatic heterocycles. The minimum absolute atomic E-state index is 0.0815. The topological polar surface area (TPSA) is 113 Å². The van der Waals surface area contributed by atoms with Crippen LogP contribution in [0.1, 0.15) is 43.7 Å². The predicted octanol–water partition coefficient (Wildman–Crippen LogP) is 3.09. The van der Waals surface area contributed by atoms with Crippen molar-refractivity contribution in [2.24, 2.45) is 5.73 Å². The summed E-state index contributed by atoms with van der Waals surface area (Å²) in [5.74, 6) is -0.606. The van der Waals surface area contributed by atoms with Gasteiger partial charge in [-0.3, -0.25) is 24.4 Å². The quantitative estimate of drug-likeness (QED) is 0.346. The lowest BCUT2D eigenvalue weighted by Gasteiger charge is -2.24. The Hall–Kier alpha value is -4.11. The first-order valence-corrected chi connectivity index (χ1v) is 12.2. The van der Waals surface area contributed by atoms with E-state index in [2.05, 4.69) is 27.3 Å². The van der Waals surface area contributed by atoms with Crippen LogP contribution in [0.3, 0.4) is 0 Å². The first-order chi connectivity index (χ1) is 18.0.